The molecule has 1 aliphatic rings. The molecule has 0 spiro atoms. The maximum Gasteiger partial charge on any atom is 0.247 e. The van der Waals surface area contributed by atoms with Gasteiger partial charge in [0.15, 0.2) is 0 Å². The van der Waals surface area contributed by atoms with Crippen LogP contribution in [0.3, 0.4) is 0 Å². The smallest absolute Gasteiger partial charge is 0.247 e. The minimum Gasteiger partial charge on any atom is -0.489 e. The summed E-state index contributed by atoms with van der Waals surface area (Å²) in [5, 5.41) is 6.07. The third-order valence-corrected chi connectivity index (χ3v) is 7.46. The van der Waals surface area contributed by atoms with Gasteiger partial charge in [0.1, 0.15) is 18.4 Å². The van der Waals surface area contributed by atoms with E-state index >= 15 is 0 Å². The molecule has 4 N–H and O–H groups in total. The van der Waals surface area contributed by atoms with Gasteiger partial charge in [-0.3, -0.25) is 14.6 Å². The Morgan fingerprint density at radius 3 is 2.23 bits per heavy atom. The summed E-state index contributed by atoms with van der Waals surface area (Å²) in [6, 6.07) is 18.7. The van der Waals surface area contributed by atoms with Gasteiger partial charge in [0, 0.05) is 30.4 Å². The molecule has 0 unspecified atom stereocenters. The first-order valence-corrected chi connectivity index (χ1v) is 14.0. The van der Waals surface area contributed by atoms with Crippen molar-refractivity contribution >= 4 is 17.5 Å². The van der Waals surface area contributed by atoms with E-state index in [0.29, 0.717) is 25.5 Å². The lowest BCUT2D eigenvalue weighted by atomic mass is 9.81. The van der Waals surface area contributed by atoms with Gasteiger partial charge in [0.25, 0.3) is 0 Å². The van der Waals surface area contributed by atoms with Crippen molar-refractivity contribution in [1.82, 2.24) is 10.3 Å². The number of anilines is 1. The molecule has 0 radical (unpaired) electrons. The lowest BCUT2D eigenvalue weighted by Gasteiger charge is -2.28. The van der Waals surface area contributed by atoms with E-state index in [1.807, 2.05) is 60.7 Å². The number of aromatic nitrogens is 1. The fraction of sp³-hybridized carbons (Fsp3) is 0.406. The van der Waals surface area contributed by atoms with Gasteiger partial charge in [0.2, 0.25) is 11.8 Å². The molecule has 39 heavy (non-hydrogen) atoms. The molecule has 7 nitrogen and oxygen atoms in total. The number of aryl methyl sites for hydroxylation is 1. The number of hydrogen-bond donors (Lipinski definition) is 3. The van der Waals surface area contributed by atoms with Crippen molar-refractivity contribution in [3.8, 4) is 5.75 Å². The highest BCUT2D eigenvalue weighted by Crippen LogP contribution is 2.28. The second kappa shape index (κ2) is 14.4. The number of carbonyl (C=O) groups is 2. The van der Waals surface area contributed by atoms with Crippen LogP contribution < -0.4 is 21.1 Å². The van der Waals surface area contributed by atoms with Crippen LogP contribution in [0.25, 0.3) is 0 Å². The van der Waals surface area contributed by atoms with Gasteiger partial charge in [-0.25, -0.2) is 0 Å². The third-order valence-electron chi connectivity index (χ3n) is 7.46. The Kier molecular flexibility index (Phi) is 10.5. The van der Waals surface area contributed by atoms with Crippen LogP contribution >= 0.6 is 0 Å². The minimum atomic E-state index is -0.691. The first-order chi connectivity index (χ1) is 19.0. The van der Waals surface area contributed by atoms with Crippen molar-refractivity contribution in [3.63, 3.8) is 0 Å². The summed E-state index contributed by atoms with van der Waals surface area (Å²) in [5.74, 6) is 0.870. The van der Waals surface area contributed by atoms with E-state index < -0.39 is 6.04 Å². The number of benzene rings is 2. The molecule has 1 aliphatic carbocycles. The van der Waals surface area contributed by atoms with Crippen molar-refractivity contribution in [2.75, 3.05) is 11.9 Å². The molecule has 1 saturated carbocycles. The molecule has 0 saturated heterocycles. The zero-order chi connectivity index (χ0) is 27.5. The highest BCUT2D eigenvalue weighted by Gasteiger charge is 2.29. The number of amides is 2. The normalized spacial score (nSPS) is 17.7. The number of nitrogens with two attached hydrogens (primary N) is 1. The molecule has 4 rings (SSSR count). The minimum absolute atomic E-state index is 0.0544. The highest BCUT2D eigenvalue weighted by molar-refractivity contribution is 5.97. The van der Waals surface area contributed by atoms with Gasteiger partial charge in [-0.1, -0.05) is 37.6 Å². The van der Waals surface area contributed by atoms with Gasteiger partial charge in [0.05, 0.1) is 0 Å². The number of hydrogen-bond acceptors (Lipinski definition) is 5. The number of nitrogens with one attached hydrogen (secondary N) is 2. The summed E-state index contributed by atoms with van der Waals surface area (Å²) < 4.78 is 5.88. The second-order valence-corrected chi connectivity index (χ2v) is 10.4. The molecule has 1 fully saturated rings. The molecule has 0 bridgehead atoms. The number of rotatable bonds is 12. The average Bonchev–Trinajstić information content (AvgIpc) is 2.98. The fourth-order valence-electron chi connectivity index (χ4n) is 5.04. The van der Waals surface area contributed by atoms with E-state index in [-0.39, 0.29) is 17.7 Å². The molecule has 1 atom stereocenters. The van der Waals surface area contributed by atoms with Crippen LogP contribution in [0.1, 0.15) is 55.7 Å². The first kappa shape index (κ1) is 28.3. The summed E-state index contributed by atoms with van der Waals surface area (Å²) in [6.45, 7) is 3.26. The topological polar surface area (TPSA) is 106 Å². The summed E-state index contributed by atoms with van der Waals surface area (Å²) in [7, 11) is 0. The van der Waals surface area contributed by atoms with E-state index in [9.17, 15) is 9.59 Å². The maximum atomic E-state index is 13.4. The highest BCUT2D eigenvalue weighted by atomic mass is 16.5. The third kappa shape index (κ3) is 8.65. The van der Waals surface area contributed by atoms with Gasteiger partial charge < -0.3 is 21.1 Å². The number of ether oxygens (including phenoxy) is 1. The molecule has 0 aliphatic heterocycles. The molecule has 3 aromatic rings. The molecule has 206 valence electrons. The Labute approximate surface area is 231 Å². The number of pyridine rings is 1. The predicted molar refractivity (Wildman–Crippen MR) is 154 cm³/mol. The summed E-state index contributed by atoms with van der Waals surface area (Å²) in [5.41, 5.74) is 9.77. The zero-order valence-electron chi connectivity index (χ0n) is 22.8. The molecule has 1 aromatic heterocycles. The van der Waals surface area contributed by atoms with Crippen molar-refractivity contribution in [2.45, 2.75) is 64.5 Å². The van der Waals surface area contributed by atoms with Crippen LogP contribution in [0.4, 0.5) is 5.69 Å². The van der Waals surface area contributed by atoms with Gasteiger partial charge in [-0.15, -0.1) is 0 Å². The monoisotopic (exact) mass is 528 g/mol. The summed E-state index contributed by atoms with van der Waals surface area (Å²) >= 11 is 0. The molecule has 7 heteroatoms. The molecule has 1 heterocycles. The zero-order valence-corrected chi connectivity index (χ0v) is 22.8. The Hall–Kier alpha value is -3.71. The molecular weight excluding hydrogens is 488 g/mol. The predicted octanol–water partition coefficient (Wildman–Crippen LogP) is 5.04. The van der Waals surface area contributed by atoms with Crippen LogP contribution in [0.5, 0.6) is 5.75 Å². The Morgan fingerprint density at radius 1 is 0.923 bits per heavy atom. The lowest BCUT2D eigenvalue weighted by Crippen LogP contribution is -2.48. The van der Waals surface area contributed by atoms with Crippen LogP contribution in [0.2, 0.25) is 0 Å². The Balaban J connectivity index is 1.41. The lowest BCUT2D eigenvalue weighted by molar-refractivity contribution is -0.130. The van der Waals surface area contributed by atoms with Crippen molar-refractivity contribution < 1.29 is 14.3 Å². The Bertz CT molecular complexity index is 1170. The van der Waals surface area contributed by atoms with Crippen molar-refractivity contribution in [1.29, 1.82) is 0 Å². The van der Waals surface area contributed by atoms with Crippen LogP contribution in [-0.4, -0.2) is 29.4 Å². The van der Waals surface area contributed by atoms with E-state index in [1.165, 1.54) is 5.56 Å². The largest absolute Gasteiger partial charge is 0.489 e. The van der Waals surface area contributed by atoms with Crippen molar-refractivity contribution in [3.05, 3.63) is 89.7 Å². The van der Waals surface area contributed by atoms with Crippen molar-refractivity contribution in [2.24, 2.45) is 17.6 Å². The average molecular weight is 529 g/mol. The molecule has 2 amide bonds. The van der Waals surface area contributed by atoms with Gasteiger partial charge in [-0.2, -0.15) is 0 Å². The van der Waals surface area contributed by atoms with Crippen LogP contribution in [0, 0.1) is 11.8 Å². The van der Waals surface area contributed by atoms with E-state index in [4.69, 9.17) is 10.5 Å². The summed E-state index contributed by atoms with van der Waals surface area (Å²) in [6.07, 6.45) is 9.47. The Morgan fingerprint density at radius 2 is 1.59 bits per heavy atom. The molecule has 2 aromatic carbocycles. The fourth-order valence-corrected chi connectivity index (χ4v) is 5.04. The van der Waals surface area contributed by atoms with E-state index in [2.05, 4.69) is 22.5 Å². The SMILES string of the molecule is CCCc1ccc(NC(=O)[C@H](Cc2ccc(OCc3ccncc3)cc2)NC(=O)C2CCC(CN)CC2)cc1. The van der Waals surface area contributed by atoms with Crippen LogP contribution in [-0.2, 0) is 29.0 Å². The summed E-state index contributed by atoms with van der Waals surface area (Å²) in [4.78, 5) is 30.6. The first-order valence-electron chi connectivity index (χ1n) is 14.0. The standard InChI is InChI=1S/C32H40N4O3/c1-2-3-23-6-12-28(13-7-23)35-32(38)30(36-31(37)27-10-4-25(21-33)5-11-27)20-24-8-14-29(15-9-24)39-22-26-16-18-34-19-17-26/h6-9,12-19,25,27,30H,2-5,10-11,20-22,33H2,1H3,(H,35,38)(H,36,37)/t25?,27?,30-/m0/s1. The van der Waals surface area contributed by atoms with Crippen LogP contribution in [0.15, 0.2) is 73.1 Å². The number of carbonyl (C=O) groups excluding carboxylic acids is 2. The van der Waals surface area contributed by atoms with E-state index in [0.717, 1.165) is 61.1 Å². The quantitative estimate of drug-likeness (QED) is 0.305. The van der Waals surface area contributed by atoms with Gasteiger partial charge in [-0.05, 0) is 97.7 Å². The van der Waals surface area contributed by atoms with E-state index in [1.54, 1.807) is 12.4 Å². The van der Waals surface area contributed by atoms with Gasteiger partial charge >= 0.3 is 0 Å². The number of nitrogens with zero attached hydrogens (tertiary/aromatic N) is 1. The molecular formula is C32H40N4O3. The second-order valence-electron chi connectivity index (χ2n) is 10.4. The maximum absolute atomic E-state index is 13.4.